The van der Waals surface area contributed by atoms with Crippen LogP contribution < -0.4 is 10.6 Å². The van der Waals surface area contributed by atoms with Gasteiger partial charge in [-0.3, -0.25) is 4.79 Å². The third-order valence-electron chi connectivity index (χ3n) is 2.72. The Labute approximate surface area is 108 Å². The minimum Gasteiger partial charge on any atom is -0.375 e. The van der Waals surface area contributed by atoms with Crippen molar-refractivity contribution in [1.82, 2.24) is 10.6 Å². The van der Waals surface area contributed by atoms with E-state index < -0.39 is 0 Å². The molecule has 0 bridgehead atoms. The van der Waals surface area contributed by atoms with E-state index >= 15 is 0 Å². The van der Waals surface area contributed by atoms with Gasteiger partial charge in [0.2, 0.25) is 5.91 Å². The minimum absolute atomic E-state index is 0.0426. The quantitative estimate of drug-likeness (QED) is 0.671. The highest BCUT2D eigenvalue weighted by molar-refractivity contribution is 7.99. The minimum atomic E-state index is 0.0426. The maximum absolute atomic E-state index is 11.7. The molecule has 1 heterocycles. The fourth-order valence-corrected chi connectivity index (χ4v) is 2.58. The maximum Gasteiger partial charge on any atom is 0.222 e. The van der Waals surface area contributed by atoms with Crippen LogP contribution in [0, 0.1) is 0 Å². The van der Waals surface area contributed by atoms with Gasteiger partial charge in [0.05, 0.1) is 19.1 Å². The predicted octanol–water partition coefficient (Wildman–Crippen LogP) is 1.01. The number of morpholine rings is 1. The molecule has 1 aliphatic rings. The number of amides is 1. The van der Waals surface area contributed by atoms with Crippen LogP contribution in [0.4, 0.5) is 0 Å². The van der Waals surface area contributed by atoms with E-state index in [-0.39, 0.29) is 18.1 Å². The number of nitrogens with one attached hydrogen (secondary N) is 2. The van der Waals surface area contributed by atoms with Crippen molar-refractivity contribution in [3.05, 3.63) is 0 Å². The summed E-state index contributed by atoms with van der Waals surface area (Å²) in [5, 5.41) is 6.25. The standard InChI is InChI=1S/C12H24N2O2S/c1-3-17-7-4-10(2)14-12(15)8-11-9-13-5-6-16-11/h10-11,13H,3-9H2,1-2H3,(H,14,15). The van der Waals surface area contributed by atoms with E-state index in [0.717, 1.165) is 31.0 Å². The lowest BCUT2D eigenvalue weighted by Crippen LogP contribution is -2.42. The van der Waals surface area contributed by atoms with Gasteiger partial charge in [-0.2, -0.15) is 11.8 Å². The number of carbonyl (C=O) groups excluding carboxylic acids is 1. The third kappa shape index (κ3) is 6.91. The Balaban J connectivity index is 2.10. The highest BCUT2D eigenvalue weighted by Crippen LogP contribution is 2.05. The molecule has 0 aliphatic carbocycles. The number of thioether (sulfide) groups is 1. The molecule has 2 N–H and O–H groups in total. The molecule has 1 saturated heterocycles. The molecule has 0 aromatic heterocycles. The fraction of sp³-hybridized carbons (Fsp3) is 0.917. The van der Waals surface area contributed by atoms with E-state index in [2.05, 4.69) is 24.5 Å². The molecule has 2 unspecified atom stereocenters. The zero-order chi connectivity index (χ0) is 12.5. The summed E-state index contributed by atoms with van der Waals surface area (Å²) in [6.07, 6.45) is 1.55. The Morgan fingerprint density at radius 2 is 2.47 bits per heavy atom. The van der Waals surface area contributed by atoms with E-state index in [1.807, 2.05) is 11.8 Å². The van der Waals surface area contributed by atoms with Gasteiger partial charge in [-0.05, 0) is 24.9 Å². The Morgan fingerprint density at radius 3 is 3.12 bits per heavy atom. The summed E-state index contributed by atoms with van der Waals surface area (Å²) < 4.78 is 5.50. The monoisotopic (exact) mass is 260 g/mol. The second-order valence-corrected chi connectivity index (χ2v) is 5.75. The average Bonchev–Trinajstić information content (AvgIpc) is 2.30. The number of rotatable bonds is 7. The molecule has 0 aromatic rings. The summed E-state index contributed by atoms with van der Waals surface area (Å²) in [4.78, 5) is 11.7. The van der Waals surface area contributed by atoms with Crippen molar-refractivity contribution in [2.24, 2.45) is 0 Å². The molecular weight excluding hydrogens is 236 g/mol. The zero-order valence-corrected chi connectivity index (χ0v) is 11.6. The lowest BCUT2D eigenvalue weighted by atomic mass is 10.2. The van der Waals surface area contributed by atoms with Crippen molar-refractivity contribution >= 4 is 17.7 Å². The first kappa shape index (κ1) is 14.8. The van der Waals surface area contributed by atoms with Crippen LogP contribution in [0.5, 0.6) is 0 Å². The molecule has 100 valence electrons. The topological polar surface area (TPSA) is 50.4 Å². The van der Waals surface area contributed by atoms with Crippen molar-refractivity contribution in [3.8, 4) is 0 Å². The van der Waals surface area contributed by atoms with E-state index in [0.29, 0.717) is 13.0 Å². The predicted molar refractivity (Wildman–Crippen MR) is 72.4 cm³/mol. The molecule has 0 saturated carbocycles. The summed E-state index contributed by atoms with van der Waals surface area (Å²) in [7, 11) is 0. The van der Waals surface area contributed by atoms with Crippen molar-refractivity contribution in [2.45, 2.75) is 38.8 Å². The molecule has 5 heteroatoms. The first-order chi connectivity index (χ1) is 8.22. The lowest BCUT2D eigenvalue weighted by molar-refractivity contribution is -0.125. The summed E-state index contributed by atoms with van der Waals surface area (Å²) in [6.45, 7) is 6.60. The van der Waals surface area contributed by atoms with Gasteiger partial charge in [-0.1, -0.05) is 6.92 Å². The second-order valence-electron chi connectivity index (χ2n) is 4.36. The summed E-state index contributed by atoms with van der Waals surface area (Å²) in [6, 6.07) is 0.262. The first-order valence-electron chi connectivity index (χ1n) is 6.41. The number of hydrogen-bond acceptors (Lipinski definition) is 4. The fourth-order valence-electron chi connectivity index (χ4n) is 1.77. The van der Waals surface area contributed by atoms with Gasteiger partial charge < -0.3 is 15.4 Å². The van der Waals surface area contributed by atoms with Crippen molar-refractivity contribution in [1.29, 1.82) is 0 Å². The van der Waals surface area contributed by atoms with Crippen molar-refractivity contribution in [3.63, 3.8) is 0 Å². The van der Waals surface area contributed by atoms with Crippen LogP contribution >= 0.6 is 11.8 Å². The van der Waals surface area contributed by atoms with Crippen molar-refractivity contribution in [2.75, 3.05) is 31.2 Å². The highest BCUT2D eigenvalue weighted by Gasteiger charge is 2.18. The molecule has 0 spiro atoms. The van der Waals surface area contributed by atoms with E-state index in [9.17, 15) is 4.79 Å². The molecular formula is C12H24N2O2S. The zero-order valence-electron chi connectivity index (χ0n) is 10.8. The average molecular weight is 260 g/mol. The first-order valence-corrected chi connectivity index (χ1v) is 7.57. The van der Waals surface area contributed by atoms with E-state index in [1.165, 1.54) is 0 Å². The second kappa shape index (κ2) is 8.78. The number of ether oxygens (including phenoxy) is 1. The third-order valence-corrected chi connectivity index (χ3v) is 3.66. The van der Waals surface area contributed by atoms with Crippen molar-refractivity contribution < 1.29 is 9.53 Å². The molecule has 1 rings (SSSR count). The summed E-state index contributed by atoms with van der Waals surface area (Å²) in [5.41, 5.74) is 0. The molecule has 17 heavy (non-hydrogen) atoms. The number of hydrogen-bond donors (Lipinski definition) is 2. The molecule has 1 aliphatic heterocycles. The maximum atomic E-state index is 11.7. The summed E-state index contributed by atoms with van der Waals surface area (Å²) >= 11 is 1.91. The molecule has 2 atom stereocenters. The largest absolute Gasteiger partial charge is 0.375 e. The van der Waals surface area contributed by atoms with E-state index in [1.54, 1.807) is 0 Å². The van der Waals surface area contributed by atoms with Gasteiger partial charge in [-0.15, -0.1) is 0 Å². The van der Waals surface area contributed by atoms with Gasteiger partial charge in [-0.25, -0.2) is 0 Å². The van der Waals surface area contributed by atoms with Crippen LogP contribution in [-0.4, -0.2) is 49.3 Å². The van der Waals surface area contributed by atoms with Gasteiger partial charge in [0.25, 0.3) is 0 Å². The molecule has 1 fully saturated rings. The van der Waals surface area contributed by atoms with Gasteiger partial charge in [0.15, 0.2) is 0 Å². The number of carbonyl (C=O) groups is 1. The smallest absolute Gasteiger partial charge is 0.222 e. The Hall–Kier alpha value is -0.260. The van der Waals surface area contributed by atoms with E-state index in [4.69, 9.17) is 4.74 Å². The van der Waals surface area contributed by atoms with Crippen LogP contribution in [0.2, 0.25) is 0 Å². The Morgan fingerprint density at radius 1 is 1.65 bits per heavy atom. The molecule has 0 aromatic carbocycles. The van der Waals surface area contributed by atoms with Crippen LogP contribution in [-0.2, 0) is 9.53 Å². The molecule has 4 nitrogen and oxygen atoms in total. The molecule has 1 amide bonds. The van der Waals surface area contributed by atoms with Crippen LogP contribution in [0.3, 0.4) is 0 Å². The van der Waals surface area contributed by atoms with Gasteiger partial charge in [0, 0.05) is 19.1 Å². The summed E-state index contributed by atoms with van der Waals surface area (Å²) in [5.74, 6) is 2.36. The normalized spacial score (nSPS) is 22.1. The van der Waals surface area contributed by atoms with Crippen LogP contribution in [0.1, 0.15) is 26.7 Å². The van der Waals surface area contributed by atoms with Crippen LogP contribution in [0.25, 0.3) is 0 Å². The lowest BCUT2D eigenvalue weighted by Gasteiger charge is -2.23. The van der Waals surface area contributed by atoms with Gasteiger partial charge >= 0.3 is 0 Å². The Bertz CT molecular complexity index is 221. The molecule has 0 radical (unpaired) electrons. The van der Waals surface area contributed by atoms with Gasteiger partial charge in [0.1, 0.15) is 0 Å². The SMILES string of the molecule is CCSCCC(C)NC(=O)CC1CNCCO1. The van der Waals surface area contributed by atoms with Crippen LogP contribution in [0.15, 0.2) is 0 Å². The Kier molecular flexibility index (Phi) is 7.64. The highest BCUT2D eigenvalue weighted by atomic mass is 32.2.